The number of hydrogen-bond donors (Lipinski definition) is 1. The smallest absolute Gasteiger partial charge is 0.262 e. The maximum atomic E-state index is 13.2. The molecule has 1 N–H and O–H groups in total. The molecule has 0 aliphatic heterocycles. The molecule has 3 rings (SSSR count). The number of methoxy groups -OCH3 is 1. The van der Waals surface area contributed by atoms with Gasteiger partial charge in [0.2, 0.25) is 0 Å². The second-order valence-corrected chi connectivity index (χ2v) is 7.89. The van der Waals surface area contributed by atoms with Gasteiger partial charge in [-0.05, 0) is 56.2 Å². The molecule has 0 fully saturated rings. The monoisotopic (exact) mass is 425 g/mol. The molecular weight excluding hydrogens is 398 g/mol. The first kappa shape index (κ1) is 21.9. The summed E-state index contributed by atoms with van der Waals surface area (Å²) in [6.45, 7) is 5.55. The van der Waals surface area contributed by atoms with Crippen molar-refractivity contribution in [1.82, 2.24) is 14.5 Å². The standard InChI is InChI=1S/C23H27N3O3S/c1-16(2)26(15-17-8-5-4-6-9-17)21(27)18-10-11-19-20(14-18)24-23(30)25(22(19)28)12-7-13-29-3/h4-6,8-11,14,16H,7,12-13,15H2,1-3H3,(H,24,30). The average Bonchev–Trinajstić information content (AvgIpc) is 2.74. The number of carbonyl (C=O) groups is 1. The quantitative estimate of drug-likeness (QED) is 0.435. The maximum absolute atomic E-state index is 13.2. The highest BCUT2D eigenvalue weighted by Crippen LogP contribution is 2.17. The highest BCUT2D eigenvalue weighted by atomic mass is 32.1. The summed E-state index contributed by atoms with van der Waals surface area (Å²) in [6, 6.07) is 15.1. The zero-order valence-corrected chi connectivity index (χ0v) is 18.4. The maximum Gasteiger partial charge on any atom is 0.262 e. The third-order valence-corrected chi connectivity index (χ3v) is 5.36. The normalized spacial score (nSPS) is 11.2. The van der Waals surface area contributed by atoms with Crippen molar-refractivity contribution in [1.29, 1.82) is 0 Å². The van der Waals surface area contributed by atoms with Gasteiger partial charge in [-0.3, -0.25) is 14.2 Å². The summed E-state index contributed by atoms with van der Waals surface area (Å²) in [5.41, 5.74) is 2.00. The molecule has 2 aromatic carbocycles. The zero-order chi connectivity index (χ0) is 21.7. The van der Waals surface area contributed by atoms with Crippen molar-refractivity contribution >= 4 is 29.0 Å². The van der Waals surface area contributed by atoms with Crippen LogP contribution in [0.3, 0.4) is 0 Å². The van der Waals surface area contributed by atoms with E-state index >= 15 is 0 Å². The third kappa shape index (κ3) is 4.86. The van der Waals surface area contributed by atoms with E-state index < -0.39 is 0 Å². The Morgan fingerprint density at radius 3 is 2.60 bits per heavy atom. The van der Waals surface area contributed by atoms with Crippen LogP contribution in [-0.4, -0.2) is 40.1 Å². The molecule has 0 aliphatic carbocycles. The minimum absolute atomic E-state index is 0.0284. The molecule has 0 bridgehead atoms. The number of aromatic amines is 1. The Hall–Kier alpha value is -2.77. The molecule has 0 saturated heterocycles. The molecule has 1 aromatic heterocycles. The van der Waals surface area contributed by atoms with Gasteiger partial charge < -0.3 is 14.6 Å². The van der Waals surface area contributed by atoms with Crippen molar-refractivity contribution in [3.05, 3.63) is 74.8 Å². The lowest BCUT2D eigenvalue weighted by atomic mass is 10.1. The molecule has 0 atom stereocenters. The van der Waals surface area contributed by atoms with Gasteiger partial charge in [-0.2, -0.15) is 0 Å². The molecule has 30 heavy (non-hydrogen) atoms. The van der Waals surface area contributed by atoms with E-state index in [0.29, 0.717) is 47.4 Å². The van der Waals surface area contributed by atoms with Crippen LogP contribution in [0.4, 0.5) is 0 Å². The summed E-state index contributed by atoms with van der Waals surface area (Å²) in [5.74, 6) is -0.0839. The van der Waals surface area contributed by atoms with Gasteiger partial charge >= 0.3 is 0 Å². The van der Waals surface area contributed by atoms with E-state index in [1.54, 1.807) is 25.3 Å². The highest BCUT2D eigenvalue weighted by molar-refractivity contribution is 7.71. The first-order valence-corrected chi connectivity index (χ1v) is 10.4. The summed E-state index contributed by atoms with van der Waals surface area (Å²) < 4.78 is 6.94. The molecule has 158 valence electrons. The van der Waals surface area contributed by atoms with Crippen LogP contribution in [0, 0.1) is 4.77 Å². The minimum Gasteiger partial charge on any atom is -0.385 e. The van der Waals surface area contributed by atoms with Crippen molar-refractivity contribution in [2.45, 2.75) is 39.4 Å². The third-order valence-electron chi connectivity index (χ3n) is 5.04. The van der Waals surface area contributed by atoms with Crippen LogP contribution in [0.1, 0.15) is 36.2 Å². The second-order valence-electron chi connectivity index (χ2n) is 7.51. The van der Waals surface area contributed by atoms with Gasteiger partial charge in [0.1, 0.15) is 0 Å². The van der Waals surface area contributed by atoms with Crippen LogP contribution in [0.25, 0.3) is 10.9 Å². The molecule has 0 aliphatic rings. The van der Waals surface area contributed by atoms with E-state index in [1.807, 2.05) is 49.1 Å². The van der Waals surface area contributed by atoms with Gasteiger partial charge in [-0.1, -0.05) is 30.3 Å². The van der Waals surface area contributed by atoms with Gasteiger partial charge in [0.15, 0.2) is 4.77 Å². The summed E-state index contributed by atoms with van der Waals surface area (Å²) in [4.78, 5) is 31.0. The van der Waals surface area contributed by atoms with Gasteiger partial charge in [0, 0.05) is 38.4 Å². The minimum atomic E-state index is -0.158. The number of ether oxygens (including phenoxy) is 1. The zero-order valence-electron chi connectivity index (χ0n) is 17.6. The molecule has 1 heterocycles. The summed E-state index contributed by atoms with van der Waals surface area (Å²) >= 11 is 5.38. The molecule has 7 heteroatoms. The molecule has 0 saturated carbocycles. The summed E-state index contributed by atoms with van der Waals surface area (Å²) in [7, 11) is 1.63. The van der Waals surface area contributed by atoms with Crippen LogP contribution >= 0.6 is 12.2 Å². The number of aromatic nitrogens is 2. The van der Waals surface area contributed by atoms with Crippen LogP contribution < -0.4 is 5.56 Å². The first-order chi connectivity index (χ1) is 14.4. The van der Waals surface area contributed by atoms with E-state index in [4.69, 9.17) is 17.0 Å². The largest absolute Gasteiger partial charge is 0.385 e. The van der Waals surface area contributed by atoms with Crippen molar-refractivity contribution in [3.63, 3.8) is 0 Å². The number of fused-ring (bicyclic) bond motifs is 1. The van der Waals surface area contributed by atoms with Gasteiger partial charge in [0.25, 0.3) is 11.5 Å². The predicted octanol–water partition coefficient (Wildman–Crippen LogP) is 4.15. The molecule has 0 radical (unpaired) electrons. The lowest BCUT2D eigenvalue weighted by Gasteiger charge is -2.27. The second kappa shape index (κ2) is 9.82. The van der Waals surface area contributed by atoms with Crippen molar-refractivity contribution in [2.24, 2.45) is 0 Å². The van der Waals surface area contributed by atoms with Crippen molar-refractivity contribution in [3.8, 4) is 0 Å². The Morgan fingerprint density at radius 1 is 1.20 bits per heavy atom. The van der Waals surface area contributed by atoms with E-state index in [0.717, 1.165) is 5.56 Å². The van der Waals surface area contributed by atoms with Gasteiger partial charge in [-0.25, -0.2) is 0 Å². The fourth-order valence-corrected chi connectivity index (χ4v) is 3.68. The number of hydrogen-bond acceptors (Lipinski definition) is 4. The molecule has 0 unspecified atom stereocenters. The SMILES string of the molecule is COCCCn1c(=S)[nH]c2cc(C(=O)N(Cc3ccccc3)C(C)C)ccc2c1=O. The van der Waals surface area contributed by atoms with Gasteiger partial charge in [-0.15, -0.1) is 0 Å². The van der Waals surface area contributed by atoms with E-state index in [9.17, 15) is 9.59 Å². The van der Waals surface area contributed by atoms with E-state index in [2.05, 4.69) is 4.98 Å². The summed E-state index contributed by atoms with van der Waals surface area (Å²) in [6.07, 6.45) is 0.693. The number of amides is 1. The first-order valence-electron chi connectivity index (χ1n) is 10.0. The number of nitrogens with one attached hydrogen (secondary N) is 1. The Bertz CT molecular complexity index is 1140. The van der Waals surface area contributed by atoms with E-state index in [1.165, 1.54) is 4.57 Å². The Balaban J connectivity index is 1.93. The Kier molecular flexibility index (Phi) is 7.18. The fourth-order valence-electron chi connectivity index (χ4n) is 3.39. The van der Waals surface area contributed by atoms with Crippen molar-refractivity contribution < 1.29 is 9.53 Å². The van der Waals surface area contributed by atoms with Crippen LogP contribution in [0.15, 0.2) is 53.3 Å². The Labute approximate surface area is 181 Å². The van der Waals surface area contributed by atoms with Gasteiger partial charge in [0.05, 0.1) is 10.9 Å². The lowest BCUT2D eigenvalue weighted by molar-refractivity contribution is 0.0690. The summed E-state index contributed by atoms with van der Waals surface area (Å²) in [5, 5.41) is 0.511. The van der Waals surface area contributed by atoms with Crippen molar-refractivity contribution in [2.75, 3.05) is 13.7 Å². The van der Waals surface area contributed by atoms with Crippen LogP contribution in [0.2, 0.25) is 0 Å². The predicted molar refractivity (Wildman–Crippen MR) is 121 cm³/mol. The topological polar surface area (TPSA) is 67.3 Å². The highest BCUT2D eigenvalue weighted by Gasteiger charge is 2.20. The number of H-pyrrole nitrogens is 1. The fraction of sp³-hybridized carbons (Fsp3) is 0.348. The molecule has 6 nitrogen and oxygen atoms in total. The van der Waals surface area contributed by atoms with Crippen LogP contribution in [0.5, 0.6) is 0 Å². The number of rotatable bonds is 8. The number of nitrogens with zero attached hydrogens (tertiary/aromatic N) is 2. The average molecular weight is 426 g/mol. The van der Waals surface area contributed by atoms with E-state index in [-0.39, 0.29) is 17.5 Å². The molecule has 1 amide bonds. The Morgan fingerprint density at radius 2 is 1.93 bits per heavy atom. The molecule has 3 aromatic rings. The molecular formula is C23H27N3O3S. The lowest BCUT2D eigenvalue weighted by Crippen LogP contribution is -2.36. The molecule has 0 spiro atoms. The number of carbonyl (C=O) groups excluding carboxylic acids is 1. The van der Waals surface area contributed by atoms with Crippen LogP contribution in [-0.2, 0) is 17.8 Å². The number of benzene rings is 2.